The fourth-order valence-electron chi connectivity index (χ4n) is 2.72. The van der Waals surface area contributed by atoms with Crippen LogP contribution in [-0.4, -0.2) is 31.5 Å². The molecule has 0 fully saturated rings. The Kier molecular flexibility index (Phi) is 8.52. The SMILES string of the molecule is COc1cc(C(C)=O)ccc1OCCCC(=O)NCc1ccccc1OC(C)C. The quantitative estimate of drug-likeness (QED) is 0.454. The summed E-state index contributed by atoms with van der Waals surface area (Å²) >= 11 is 0. The first kappa shape index (κ1) is 22.3. The average molecular weight is 399 g/mol. The number of Topliss-reactive ketones (excluding diaryl/α,β-unsaturated/α-hetero) is 1. The van der Waals surface area contributed by atoms with Gasteiger partial charge >= 0.3 is 0 Å². The van der Waals surface area contributed by atoms with Gasteiger partial charge in [0.2, 0.25) is 5.91 Å². The van der Waals surface area contributed by atoms with Gasteiger partial charge in [0.1, 0.15) is 5.75 Å². The third kappa shape index (κ3) is 7.14. The number of carbonyl (C=O) groups excluding carboxylic acids is 2. The molecule has 6 heteroatoms. The highest BCUT2D eigenvalue weighted by molar-refractivity contribution is 5.94. The number of hydrogen-bond acceptors (Lipinski definition) is 5. The number of ketones is 1. The summed E-state index contributed by atoms with van der Waals surface area (Å²) in [5, 5.41) is 2.92. The number of carbonyl (C=O) groups is 2. The molecule has 1 N–H and O–H groups in total. The van der Waals surface area contributed by atoms with Gasteiger partial charge in [0.25, 0.3) is 0 Å². The summed E-state index contributed by atoms with van der Waals surface area (Å²) in [5.41, 5.74) is 1.51. The Morgan fingerprint density at radius 3 is 2.48 bits per heavy atom. The predicted octanol–water partition coefficient (Wildman–Crippen LogP) is 4.16. The largest absolute Gasteiger partial charge is 0.493 e. The van der Waals surface area contributed by atoms with Gasteiger partial charge in [-0.15, -0.1) is 0 Å². The fourth-order valence-corrected chi connectivity index (χ4v) is 2.72. The van der Waals surface area contributed by atoms with E-state index >= 15 is 0 Å². The second kappa shape index (κ2) is 11.1. The normalized spacial score (nSPS) is 10.5. The fraction of sp³-hybridized carbons (Fsp3) is 0.391. The Balaban J connectivity index is 1.78. The van der Waals surface area contributed by atoms with Crippen molar-refractivity contribution in [2.75, 3.05) is 13.7 Å². The van der Waals surface area contributed by atoms with Gasteiger partial charge in [-0.1, -0.05) is 18.2 Å². The van der Waals surface area contributed by atoms with E-state index in [0.29, 0.717) is 43.1 Å². The zero-order valence-electron chi connectivity index (χ0n) is 17.5. The molecule has 0 aliphatic rings. The first-order chi connectivity index (χ1) is 13.9. The van der Waals surface area contributed by atoms with Crippen molar-refractivity contribution in [2.24, 2.45) is 0 Å². The molecule has 0 aromatic heterocycles. The van der Waals surface area contributed by atoms with Crippen LogP contribution in [0.15, 0.2) is 42.5 Å². The van der Waals surface area contributed by atoms with Gasteiger partial charge in [-0.05, 0) is 51.5 Å². The van der Waals surface area contributed by atoms with Crippen LogP contribution in [-0.2, 0) is 11.3 Å². The molecule has 0 spiro atoms. The molecule has 0 saturated carbocycles. The molecular weight excluding hydrogens is 370 g/mol. The van der Waals surface area contributed by atoms with Gasteiger partial charge in [0.15, 0.2) is 17.3 Å². The van der Waals surface area contributed by atoms with Gasteiger partial charge < -0.3 is 19.5 Å². The van der Waals surface area contributed by atoms with Crippen LogP contribution in [0.1, 0.15) is 49.5 Å². The lowest BCUT2D eigenvalue weighted by atomic mass is 10.1. The number of hydrogen-bond donors (Lipinski definition) is 1. The van der Waals surface area contributed by atoms with Crippen molar-refractivity contribution >= 4 is 11.7 Å². The second-order valence-corrected chi connectivity index (χ2v) is 6.92. The highest BCUT2D eigenvalue weighted by Gasteiger charge is 2.10. The summed E-state index contributed by atoms with van der Waals surface area (Å²) in [6.07, 6.45) is 0.986. The zero-order chi connectivity index (χ0) is 21.2. The maximum absolute atomic E-state index is 12.1. The molecule has 156 valence electrons. The maximum atomic E-state index is 12.1. The molecule has 1 amide bonds. The number of rotatable bonds is 11. The van der Waals surface area contributed by atoms with Gasteiger partial charge in [-0.3, -0.25) is 9.59 Å². The number of para-hydroxylation sites is 1. The third-order valence-corrected chi connectivity index (χ3v) is 4.19. The van der Waals surface area contributed by atoms with Crippen LogP contribution in [0.3, 0.4) is 0 Å². The Hall–Kier alpha value is -3.02. The molecule has 2 aromatic rings. The van der Waals surface area contributed by atoms with Crippen molar-refractivity contribution < 1.29 is 23.8 Å². The van der Waals surface area contributed by atoms with Crippen LogP contribution < -0.4 is 19.5 Å². The molecule has 0 aliphatic carbocycles. The van der Waals surface area contributed by atoms with E-state index in [1.54, 1.807) is 18.2 Å². The van der Waals surface area contributed by atoms with Crippen molar-refractivity contribution in [1.29, 1.82) is 0 Å². The Labute approximate surface area is 172 Å². The summed E-state index contributed by atoms with van der Waals surface area (Å²) in [4.78, 5) is 23.6. The molecule has 0 bridgehead atoms. The molecule has 0 atom stereocenters. The van der Waals surface area contributed by atoms with E-state index in [2.05, 4.69) is 5.32 Å². The van der Waals surface area contributed by atoms with E-state index in [9.17, 15) is 9.59 Å². The summed E-state index contributed by atoms with van der Waals surface area (Å²) < 4.78 is 16.7. The van der Waals surface area contributed by atoms with Crippen molar-refractivity contribution in [1.82, 2.24) is 5.32 Å². The minimum absolute atomic E-state index is 0.0353. The number of ether oxygens (including phenoxy) is 3. The Morgan fingerprint density at radius 2 is 1.79 bits per heavy atom. The topological polar surface area (TPSA) is 73.9 Å². The monoisotopic (exact) mass is 399 g/mol. The zero-order valence-corrected chi connectivity index (χ0v) is 17.5. The summed E-state index contributed by atoms with van der Waals surface area (Å²) in [7, 11) is 1.53. The van der Waals surface area contributed by atoms with Gasteiger partial charge in [0.05, 0.1) is 19.8 Å². The van der Waals surface area contributed by atoms with Gasteiger partial charge in [0, 0.05) is 24.1 Å². The summed E-state index contributed by atoms with van der Waals surface area (Å²) in [6.45, 7) is 6.23. The van der Waals surface area contributed by atoms with E-state index < -0.39 is 0 Å². The van der Waals surface area contributed by atoms with Gasteiger partial charge in [-0.2, -0.15) is 0 Å². The van der Waals surface area contributed by atoms with E-state index in [-0.39, 0.29) is 17.8 Å². The number of nitrogens with one attached hydrogen (secondary N) is 1. The van der Waals surface area contributed by atoms with Gasteiger partial charge in [-0.25, -0.2) is 0 Å². The van der Waals surface area contributed by atoms with E-state index in [0.717, 1.165) is 11.3 Å². The number of amides is 1. The van der Waals surface area contributed by atoms with Crippen LogP contribution in [0, 0.1) is 0 Å². The van der Waals surface area contributed by atoms with Crippen LogP contribution in [0.4, 0.5) is 0 Å². The first-order valence-electron chi connectivity index (χ1n) is 9.73. The van der Waals surface area contributed by atoms with E-state index in [1.807, 2.05) is 38.1 Å². The lowest BCUT2D eigenvalue weighted by Crippen LogP contribution is -2.23. The van der Waals surface area contributed by atoms with Crippen LogP contribution >= 0.6 is 0 Å². The predicted molar refractivity (Wildman–Crippen MR) is 112 cm³/mol. The summed E-state index contributed by atoms with van der Waals surface area (Å²) in [6, 6.07) is 12.7. The second-order valence-electron chi connectivity index (χ2n) is 6.92. The highest BCUT2D eigenvalue weighted by Crippen LogP contribution is 2.28. The Bertz CT molecular complexity index is 832. The average Bonchev–Trinajstić information content (AvgIpc) is 2.70. The molecule has 0 radical (unpaired) electrons. The van der Waals surface area contributed by atoms with Crippen molar-refractivity contribution in [3.05, 3.63) is 53.6 Å². The molecule has 6 nitrogen and oxygen atoms in total. The minimum Gasteiger partial charge on any atom is -0.493 e. The minimum atomic E-state index is -0.0492. The van der Waals surface area contributed by atoms with E-state index in [1.165, 1.54) is 14.0 Å². The lowest BCUT2D eigenvalue weighted by Gasteiger charge is -2.14. The molecule has 2 rings (SSSR count). The molecular formula is C23H29NO5. The lowest BCUT2D eigenvalue weighted by molar-refractivity contribution is -0.121. The standard InChI is InChI=1S/C23H29NO5/c1-16(2)29-20-9-6-5-8-19(20)15-24-23(26)10-7-13-28-21-12-11-18(17(3)25)14-22(21)27-4/h5-6,8-9,11-12,14,16H,7,10,13,15H2,1-4H3,(H,24,26). The molecule has 0 aliphatic heterocycles. The molecule has 29 heavy (non-hydrogen) atoms. The third-order valence-electron chi connectivity index (χ3n) is 4.19. The van der Waals surface area contributed by atoms with Crippen molar-refractivity contribution in [3.63, 3.8) is 0 Å². The molecule has 2 aromatic carbocycles. The number of benzene rings is 2. The molecule has 0 heterocycles. The first-order valence-corrected chi connectivity index (χ1v) is 9.73. The van der Waals surface area contributed by atoms with E-state index in [4.69, 9.17) is 14.2 Å². The van der Waals surface area contributed by atoms with Crippen molar-refractivity contribution in [3.8, 4) is 17.2 Å². The smallest absolute Gasteiger partial charge is 0.220 e. The number of methoxy groups -OCH3 is 1. The summed E-state index contributed by atoms with van der Waals surface area (Å²) in [5.74, 6) is 1.76. The van der Waals surface area contributed by atoms with Crippen LogP contribution in [0.5, 0.6) is 17.2 Å². The van der Waals surface area contributed by atoms with Crippen molar-refractivity contribution in [2.45, 2.75) is 46.3 Å². The maximum Gasteiger partial charge on any atom is 0.220 e. The van der Waals surface area contributed by atoms with Crippen LogP contribution in [0.25, 0.3) is 0 Å². The Morgan fingerprint density at radius 1 is 1.03 bits per heavy atom. The molecule has 0 saturated heterocycles. The van der Waals surface area contributed by atoms with Crippen LogP contribution in [0.2, 0.25) is 0 Å². The molecule has 0 unspecified atom stereocenters. The highest BCUT2D eigenvalue weighted by atomic mass is 16.5.